The maximum absolute atomic E-state index is 12.5. The highest BCUT2D eigenvalue weighted by atomic mass is 16.5. The SMILES string of the molecule is COC(=O)Cc1ccccc1C(=O)NC(C)C(=O)Nc1ccccc1. The zero-order valence-corrected chi connectivity index (χ0v) is 14.1. The fourth-order valence-electron chi connectivity index (χ4n) is 2.24. The van der Waals surface area contributed by atoms with E-state index in [0.717, 1.165) is 0 Å². The van der Waals surface area contributed by atoms with Crippen molar-refractivity contribution in [1.82, 2.24) is 5.32 Å². The van der Waals surface area contributed by atoms with E-state index in [-0.39, 0.29) is 12.3 Å². The first-order chi connectivity index (χ1) is 12.0. The quantitative estimate of drug-likeness (QED) is 0.789. The second-order valence-electron chi connectivity index (χ2n) is 5.46. The number of benzene rings is 2. The van der Waals surface area contributed by atoms with Crippen LogP contribution in [0, 0.1) is 0 Å². The van der Waals surface area contributed by atoms with Gasteiger partial charge in [-0.3, -0.25) is 14.4 Å². The molecule has 1 unspecified atom stereocenters. The van der Waals surface area contributed by atoms with Gasteiger partial charge in [0.05, 0.1) is 13.5 Å². The van der Waals surface area contributed by atoms with Gasteiger partial charge in [-0.05, 0) is 30.7 Å². The molecule has 0 spiro atoms. The number of nitrogens with one attached hydrogen (secondary N) is 2. The molecular formula is C19H20N2O4. The minimum absolute atomic E-state index is 0.00924. The first kappa shape index (κ1) is 18.2. The van der Waals surface area contributed by atoms with Crippen molar-refractivity contribution in [2.75, 3.05) is 12.4 Å². The molecule has 0 heterocycles. The summed E-state index contributed by atoms with van der Waals surface area (Å²) < 4.78 is 4.64. The summed E-state index contributed by atoms with van der Waals surface area (Å²) in [6, 6.07) is 15.0. The topological polar surface area (TPSA) is 84.5 Å². The van der Waals surface area contributed by atoms with Gasteiger partial charge in [-0.25, -0.2) is 0 Å². The predicted octanol–water partition coefficient (Wildman–Crippen LogP) is 2.16. The smallest absolute Gasteiger partial charge is 0.310 e. The lowest BCUT2D eigenvalue weighted by molar-refractivity contribution is -0.139. The van der Waals surface area contributed by atoms with Gasteiger partial charge in [0.15, 0.2) is 0 Å². The maximum atomic E-state index is 12.5. The molecule has 130 valence electrons. The summed E-state index contributed by atoms with van der Waals surface area (Å²) in [6.07, 6.45) is -0.00924. The lowest BCUT2D eigenvalue weighted by Crippen LogP contribution is -2.41. The number of hydrogen-bond acceptors (Lipinski definition) is 4. The molecule has 0 bridgehead atoms. The van der Waals surface area contributed by atoms with Gasteiger partial charge < -0.3 is 15.4 Å². The Morgan fingerprint density at radius 1 is 1.00 bits per heavy atom. The summed E-state index contributed by atoms with van der Waals surface area (Å²) in [6.45, 7) is 1.60. The van der Waals surface area contributed by atoms with Crippen molar-refractivity contribution in [1.29, 1.82) is 0 Å². The molecule has 0 saturated carbocycles. The van der Waals surface area contributed by atoms with E-state index in [1.807, 2.05) is 18.2 Å². The molecule has 0 aliphatic carbocycles. The largest absolute Gasteiger partial charge is 0.469 e. The van der Waals surface area contributed by atoms with Crippen LogP contribution >= 0.6 is 0 Å². The first-order valence-corrected chi connectivity index (χ1v) is 7.82. The standard InChI is InChI=1S/C19H20N2O4/c1-13(18(23)21-15-9-4-3-5-10-15)20-19(24)16-11-7-6-8-14(16)12-17(22)25-2/h3-11,13H,12H2,1-2H3,(H,20,24)(H,21,23). The Hall–Kier alpha value is -3.15. The minimum Gasteiger partial charge on any atom is -0.469 e. The highest BCUT2D eigenvalue weighted by molar-refractivity contribution is 6.02. The van der Waals surface area contributed by atoms with E-state index in [0.29, 0.717) is 16.8 Å². The van der Waals surface area contributed by atoms with Gasteiger partial charge in [-0.1, -0.05) is 36.4 Å². The Balaban J connectivity index is 2.04. The third-order valence-electron chi connectivity index (χ3n) is 3.61. The van der Waals surface area contributed by atoms with E-state index < -0.39 is 17.9 Å². The molecule has 2 aromatic rings. The number of amides is 2. The number of ether oxygens (including phenoxy) is 1. The van der Waals surface area contributed by atoms with Crippen LogP contribution in [-0.2, 0) is 20.7 Å². The molecule has 2 rings (SSSR count). The van der Waals surface area contributed by atoms with Gasteiger partial charge in [-0.2, -0.15) is 0 Å². The summed E-state index contributed by atoms with van der Waals surface area (Å²) in [5.41, 5.74) is 1.54. The molecule has 2 amide bonds. The van der Waals surface area contributed by atoms with Crippen molar-refractivity contribution in [3.8, 4) is 0 Å². The van der Waals surface area contributed by atoms with Crippen LogP contribution in [0.2, 0.25) is 0 Å². The van der Waals surface area contributed by atoms with Crippen LogP contribution in [0.3, 0.4) is 0 Å². The lowest BCUT2D eigenvalue weighted by atomic mass is 10.0. The molecule has 0 radical (unpaired) electrons. The van der Waals surface area contributed by atoms with Crippen molar-refractivity contribution < 1.29 is 19.1 Å². The molecular weight excluding hydrogens is 320 g/mol. The van der Waals surface area contributed by atoms with E-state index in [9.17, 15) is 14.4 Å². The van der Waals surface area contributed by atoms with Crippen LogP contribution < -0.4 is 10.6 Å². The molecule has 0 saturated heterocycles. The molecule has 25 heavy (non-hydrogen) atoms. The molecule has 0 aliphatic rings. The molecule has 1 atom stereocenters. The lowest BCUT2D eigenvalue weighted by Gasteiger charge is -2.15. The van der Waals surface area contributed by atoms with E-state index in [1.54, 1.807) is 43.3 Å². The van der Waals surface area contributed by atoms with Gasteiger partial charge in [0.2, 0.25) is 5.91 Å². The van der Waals surface area contributed by atoms with Crippen LogP contribution in [0.1, 0.15) is 22.8 Å². The van der Waals surface area contributed by atoms with E-state index in [4.69, 9.17) is 0 Å². The Labute approximate surface area is 146 Å². The van der Waals surface area contributed by atoms with Crippen molar-refractivity contribution in [2.24, 2.45) is 0 Å². The average Bonchev–Trinajstić information content (AvgIpc) is 2.62. The van der Waals surface area contributed by atoms with Gasteiger partial charge in [0.25, 0.3) is 5.91 Å². The molecule has 6 nitrogen and oxygen atoms in total. The van der Waals surface area contributed by atoms with Crippen LogP contribution in [0.5, 0.6) is 0 Å². The molecule has 6 heteroatoms. The second kappa shape index (κ2) is 8.63. The van der Waals surface area contributed by atoms with Crippen LogP contribution in [-0.4, -0.2) is 30.9 Å². The number of para-hydroxylation sites is 1. The fourth-order valence-corrected chi connectivity index (χ4v) is 2.24. The number of methoxy groups -OCH3 is 1. The normalized spacial score (nSPS) is 11.3. The molecule has 2 aromatic carbocycles. The number of carbonyl (C=O) groups excluding carboxylic acids is 3. The van der Waals surface area contributed by atoms with Gasteiger partial charge in [0.1, 0.15) is 6.04 Å². The van der Waals surface area contributed by atoms with Gasteiger partial charge in [-0.15, -0.1) is 0 Å². The molecule has 0 aliphatic heterocycles. The van der Waals surface area contributed by atoms with E-state index in [2.05, 4.69) is 15.4 Å². The molecule has 0 aromatic heterocycles. The monoisotopic (exact) mass is 340 g/mol. The van der Waals surface area contributed by atoms with Crippen molar-refractivity contribution in [3.05, 3.63) is 65.7 Å². The zero-order valence-electron chi connectivity index (χ0n) is 14.1. The average molecular weight is 340 g/mol. The van der Waals surface area contributed by atoms with Crippen molar-refractivity contribution in [3.63, 3.8) is 0 Å². The van der Waals surface area contributed by atoms with Crippen molar-refractivity contribution in [2.45, 2.75) is 19.4 Å². The molecule has 0 fully saturated rings. The van der Waals surface area contributed by atoms with Crippen LogP contribution in [0.4, 0.5) is 5.69 Å². The number of anilines is 1. The van der Waals surface area contributed by atoms with Crippen LogP contribution in [0.25, 0.3) is 0 Å². The minimum atomic E-state index is -0.737. The predicted molar refractivity (Wildman–Crippen MR) is 94.2 cm³/mol. The summed E-state index contributed by atoms with van der Waals surface area (Å²) in [7, 11) is 1.29. The third kappa shape index (κ3) is 5.17. The summed E-state index contributed by atoms with van der Waals surface area (Å²) in [4.78, 5) is 36.1. The van der Waals surface area contributed by atoms with Gasteiger partial charge in [0, 0.05) is 11.3 Å². The number of esters is 1. The summed E-state index contributed by atoms with van der Waals surface area (Å²) in [5, 5.41) is 5.37. The van der Waals surface area contributed by atoms with E-state index >= 15 is 0 Å². The third-order valence-corrected chi connectivity index (χ3v) is 3.61. The summed E-state index contributed by atoms with van der Waals surface area (Å²) in [5.74, 6) is -1.18. The molecule has 2 N–H and O–H groups in total. The highest BCUT2D eigenvalue weighted by Gasteiger charge is 2.19. The Morgan fingerprint density at radius 2 is 1.64 bits per heavy atom. The van der Waals surface area contributed by atoms with Crippen molar-refractivity contribution >= 4 is 23.5 Å². The van der Waals surface area contributed by atoms with E-state index in [1.165, 1.54) is 7.11 Å². The Morgan fingerprint density at radius 3 is 2.32 bits per heavy atom. The Kier molecular flexibility index (Phi) is 6.28. The number of rotatable bonds is 6. The van der Waals surface area contributed by atoms with Crippen LogP contribution in [0.15, 0.2) is 54.6 Å². The number of carbonyl (C=O) groups is 3. The first-order valence-electron chi connectivity index (χ1n) is 7.82. The fraction of sp³-hybridized carbons (Fsp3) is 0.211. The summed E-state index contributed by atoms with van der Waals surface area (Å²) >= 11 is 0. The highest BCUT2D eigenvalue weighted by Crippen LogP contribution is 2.11. The Bertz CT molecular complexity index is 759. The zero-order chi connectivity index (χ0) is 18.2. The number of hydrogen-bond donors (Lipinski definition) is 2. The maximum Gasteiger partial charge on any atom is 0.310 e. The second-order valence-corrected chi connectivity index (χ2v) is 5.46. The van der Waals surface area contributed by atoms with Gasteiger partial charge >= 0.3 is 5.97 Å².